The second kappa shape index (κ2) is 5.97. The molecular weight excluding hydrogens is 276 g/mol. The van der Waals surface area contributed by atoms with E-state index >= 15 is 0 Å². The molecule has 1 spiro atoms. The van der Waals surface area contributed by atoms with Crippen LogP contribution < -0.4 is 0 Å². The number of hydrogen-bond acceptors (Lipinski definition) is 4. The summed E-state index contributed by atoms with van der Waals surface area (Å²) in [7, 11) is 4.03. The molecule has 0 radical (unpaired) electrons. The van der Waals surface area contributed by atoms with Crippen LogP contribution in [0.1, 0.15) is 24.2 Å². The van der Waals surface area contributed by atoms with E-state index in [2.05, 4.69) is 34.0 Å². The molecule has 1 amide bonds. The van der Waals surface area contributed by atoms with Gasteiger partial charge in [-0.05, 0) is 38.9 Å². The highest BCUT2D eigenvalue weighted by atomic mass is 16.2. The molecule has 2 aliphatic rings. The molecule has 3 rings (SSSR count). The largest absolute Gasteiger partial charge is 0.343 e. The molecule has 0 unspecified atom stereocenters. The standard InChI is InChI=1S/C17H26N4O/c1-14-5-4-6-15(18-14)13-21-9-7-17(8-10-21)16(22)19(2)11-12-20(17)3/h4-6H,7-13H2,1-3H3. The lowest BCUT2D eigenvalue weighted by Crippen LogP contribution is -2.66. The Labute approximate surface area is 132 Å². The van der Waals surface area contributed by atoms with E-state index < -0.39 is 0 Å². The Kier molecular flexibility index (Phi) is 4.19. The number of pyridine rings is 1. The zero-order valence-corrected chi connectivity index (χ0v) is 13.9. The summed E-state index contributed by atoms with van der Waals surface area (Å²) in [5, 5.41) is 0. The molecule has 120 valence electrons. The summed E-state index contributed by atoms with van der Waals surface area (Å²) in [5.74, 6) is 0.301. The van der Waals surface area contributed by atoms with Crippen LogP contribution >= 0.6 is 0 Å². The van der Waals surface area contributed by atoms with Crippen molar-refractivity contribution in [3.05, 3.63) is 29.6 Å². The van der Waals surface area contributed by atoms with Gasteiger partial charge >= 0.3 is 0 Å². The van der Waals surface area contributed by atoms with Crippen LogP contribution in [0.4, 0.5) is 0 Å². The van der Waals surface area contributed by atoms with E-state index in [0.717, 1.165) is 57.0 Å². The average Bonchev–Trinajstić information content (AvgIpc) is 2.51. The van der Waals surface area contributed by atoms with Crippen molar-refractivity contribution < 1.29 is 4.79 Å². The molecule has 5 nitrogen and oxygen atoms in total. The highest BCUT2D eigenvalue weighted by Crippen LogP contribution is 2.32. The quantitative estimate of drug-likeness (QED) is 0.821. The molecule has 0 atom stereocenters. The van der Waals surface area contributed by atoms with Crippen LogP contribution in [-0.2, 0) is 11.3 Å². The van der Waals surface area contributed by atoms with E-state index in [9.17, 15) is 4.79 Å². The zero-order valence-electron chi connectivity index (χ0n) is 13.9. The molecule has 3 heterocycles. The number of aromatic nitrogens is 1. The van der Waals surface area contributed by atoms with Gasteiger partial charge in [0.15, 0.2) is 0 Å². The van der Waals surface area contributed by atoms with Crippen LogP contribution in [0.5, 0.6) is 0 Å². The lowest BCUT2D eigenvalue weighted by molar-refractivity contribution is -0.152. The highest BCUT2D eigenvalue weighted by Gasteiger charge is 2.48. The summed E-state index contributed by atoms with van der Waals surface area (Å²) >= 11 is 0. The van der Waals surface area contributed by atoms with Gasteiger partial charge in [0.2, 0.25) is 5.91 Å². The van der Waals surface area contributed by atoms with Crippen molar-refractivity contribution in [1.82, 2.24) is 19.7 Å². The minimum absolute atomic E-state index is 0.274. The molecule has 0 aromatic carbocycles. The van der Waals surface area contributed by atoms with E-state index in [1.165, 1.54) is 0 Å². The summed E-state index contributed by atoms with van der Waals surface area (Å²) < 4.78 is 0. The molecule has 0 bridgehead atoms. The first-order valence-electron chi connectivity index (χ1n) is 8.13. The summed E-state index contributed by atoms with van der Waals surface area (Å²) in [6, 6.07) is 6.18. The van der Waals surface area contributed by atoms with Gasteiger partial charge in [0, 0.05) is 45.5 Å². The Morgan fingerprint density at radius 3 is 2.55 bits per heavy atom. The molecule has 2 fully saturated rings. The van der Waals surface area contributed by atoms with Gasteiger partial charge in [0.05, 0.1) is 5.69 Å². The SMILES string of the molecule is Cc1cccc(CN2CCC3(CC2)C(=O)N(C)CCN3C)n1. The number of likely N-dealkylation sites (N-methyl/N-ethyl adjacent to an activating group) is 2. The van der Waals surface area contributed by atoms with Crippen molar-refractivity contribution in [1.29, 1.82) is 0 Å². The van der Waals surface area contributed by atoms with Crippen LogP contribution in [0.3, 0.4) is 0 Å². The average molecular weight is 302 g/mol. The third-order valence-electron chi connectivity index (χ3n) is 5.26. The number of hydrogen-bond donors (Lipinski definition) is 0. The number of likely N-dealkylation sites (tertiary alicyclic amines) is 1. The zero-order chi connectivity index (χ0) is 15.7. The molecule has 2 aliphatic heterocycles. The Morgan fingerprint density at radius 1 is 1.14 bits per heavy atom. The van der Waals surface area contributed by atoms with Crippen molar-refractivity contribution in [2.45, 2.75) is 31.8 Å². The second-order valence-corrected chi connectivity index (χ2v) is 6.73. The number of carbonyl (C=O) groups is 1. The van der Waals surface area contributed by atoms with Gasteiger partial charge in [-0.3, -0.25) is 19.6 Å². The maximum Gasteiger partial charge on any atom is 0.242 e. The van der Waals surface area contributed by atoms with Crippen LogP contribution in [0, 0.1) is 6.92 Å². The van der Waals surface area contributed by atoms with Gasteiger partial charge in [-0.25, -0.2) is 0 Å². The van der Waals surface area contributed by atoms with Crippen molar-refractivity contribution in [3.8, 4) is 0 Å². The summed E-state index contributed by atoms with van der Waals surface area (Å²) in [6.45, 7) is 6.64. The first kappa shape index (κ1) is 15.4. The molecule has 0 saturated carbocycles. The topological polar surface area (TPSA) is 39.7 Å². The molecule has 1 aromatic heterocycles. The van der Waals surface area contributed by atoms with Crippen LogP contribution in [0.2, 0.25) is 0 Å². The first-order valence-corrected chi connectivity index (χ1v) is 8.13. The van der Waals surface area contributed by atoms with Crippen LogP contribution in [0.25, 0.3) is 0 Å². The number of rotatable bonds is 2. The number of carbonyl (C=O) groups excluding carboxylic acids is 1. The minimum atomic E-state index is -0.274. The smallest absolute Gasteiger partial charge is 0.242 e. The molecule has 5 heteroatoms. The van der Waals surface area contributed by atoms with Crippen molar-refractivity contribution in [2.75, 3.05) is 40.3 Å². The lowest BCUT2D eigenvalue weighted by atomic mass is 9.83. The number of piperidine rings is 1. The number of piperazine rings is 1. The van der Waals surface area contributed by atoms with Crippen molar-refractivity contribution in [2.24, 2.45) is 0 Å². The van der Waals surface area contributed by atoms with E-state index in [-0.39, 0.29) is 5.54 Å². The first-order chi connectivity index (χ1) is 10.5. The fourth-order valence-electron chi connectivity index (χ4n) is 3.73. The molecule has 22 heavy (non-hydrogen) atoms. The van der Waals surface area contributed by atoms with E-state index in [1.54, 1.807) is 0 Å². The highest BCUT2D eigenvalue weighted by molar-refractivity contribution is 5.87. The third-order valence-corrected chi connectivity index (χ3v) is 5.26. The van der Waals surface area contributed by atoms with Gasteiger partial charge in [-0.15, -0.1) is 0 Å². The van der Waals surface area contributed by atoms with Crippen LogP contribution in [0.15, 0.2) is 18.2 Å². The fourth-order valence-corrected chi connectivity index (χ4v) is 3.73. The monoisotopic (exact) mass is 302 g/mol. The number of aryl methyl sites for hydroxylation is 1. The Hall–Kier alpha value is -1.46. The Balaban J connectivity index is 1.65. The van der Waals surface area contributed by atoms with Gasteiger partial charge in [0.1, 0.15) is 5.54 Å². The minimum Gasteiger partial charge on any atom is -0.343 e. The summed E-state index contributed by atoms with van der Waals surface area (Å²) in [4.78, 5) is 23.9. The van der Waals surface area contributed by atoms with Gasteiger partial charge in [-0.2, -0.15) is 0 Å². The predicted octanol–water partition coefficient (Wildman–Crippen LogP) is 1.13. The van der Waals surface area contributed by atoms with Crippen molar-refractivity contribution >= 4 is 5.91 Å². The van der Waals surface area contributed by atoms with Gasteiger partial charge < -0.3 is 4.90 Å². The third kappa shape index (κ3) is 2.75. The maximum atomic E-state index is 12.7. The fraction of sp³-hybridized carbons (Fsp3) is 0.647. The molecule has 0 N–H and O–H groups in total. The normalized spacial score (nSPS) is 23.2. The molecular formula is C17H26N4O. The predicted molar refractivity (Wildman–Crippen MR) is 86.5 cm³/mol. The molecule has 2 saturated heterocycles. The Morgan fingerprint density at radius 2 is 1.86 bits per heavy atom. The number of nitrogens with zero attached hydrogens (tertiary/aromatic N) is 4. The van der Waals surface area contributed by atoms with Gasteiger partial charge in [0.25, 0.3) is 0 Å². The number of amides is 1. The van der Waals surface area contributed by atoms with Gasteiger partial charge in [-0.1, -0.05) is 6.07 Å². The molecule has 1 aromatic rings. The van der Waals surface area contributed by atoms with E-state index in [4.69, 9.17) is 0 Å². The maximum absolute atomic E-state index is 12.7. The Bertz CT molecular complexity index is 551. The van der Waals surface area contributed by atoms with Crippen LogP contribution in [-0.4, -0.2) is 71.4 Å². The lowest BCUT2D eigenvalue weighted by Gasteiger charge is -2.50. The molecule has 0 aliphatic carbocycles. The van der Waals surface area contributed by atoms with E-state index in [1.807, 2.05) is 24.9 Å². The van der Waals surface area contributed by atoms with Crippen molar-refractivity contribution in [3.63, 3.8) is 0 Å². The van der Waals surface area contributed by atoms with E-state index in [0.29, 0.717) is 5.91 Å². The summed E-state index contributed by atoms with van der Waals surface area (Å²) in [6.07, 6.45) is 1.83. The summed E-state index contributed by atoms with van der Waals surface area (Å²) in [5.41, 5.74) is 1.91. The second-order valence-electron chi connectivity index (χ2n) is 6.73.